The number of quaternary nitrogens is 2. The lowest BCUT2D eigenvalue weighted by Crippen LogP contribution is -3.09. The summed E-state index contributed by atoms with van der Waals surface area (Å²) in [6.45, 7) is 5.78. The lowest BCUT2D eigenvalue weighted by molar-refractivity contribution is -0.910. The van der Waals surface area contributed by atoms with Gasteiger partial charge in [-0.05, 0) is 61.4 Å². The van der Waals surface area contributed by atoms with Crippen LogP contribution >= 0.6 is 0 Å². The number of rotatable bonds is 7. The molecule has 0 aliphatic heterocycles. The van der Waals surface area contributed by atoms with Gasteiger partial charge in [0.1, 0.15) is 24.4 Å². The largest absolute Gasteiger partial charge is 0.497 e. The normalized spacial score (nSPS) is 12.5. The third-order valence-corrected chi connectivity index (χ3v) is 5.43. The molecular weight excluding hydrogens is 352 g/mol. The molecule has 0 radical (unpaired) electrons. The number of methoxy groups -OCH3 is 1. The van der Waals surface area contributed by atoms with Crippen LogP contribution in [0.2, 0.25) is 0 Å². The van der Waals surface area contributed by atoms with Crippen LogP contribution in [-0.2, 0) is 6.54 Å². The number of hydrogen-bond acceptors (Lipinski definition) is 3. The van der Waals surface area contributed by atoms with Gasteiger partial charge in [0, 0.05) is 22.6 Å². The molecule has 0 saturated heterocycles. The van der Waals surface area contributed by atoms with Crippen LogP contribution in [0.5, 0.6) is 5.75 Å². The molecule has 1 atom stereocenters. The summed E-state index contributed by atoms with van der Waals surface area (Å²) in [5.41, 5.74) is 5.02. The number of nitrogens with one attached hydrogen (secondary N) is 1. The van der Waals surface area contributed by atoms with E-state index in [-0.39, 0.29) is 5.63 Å². The Balaban J connectivity index is 1.78. The number of hydrogen-bond donors (Lipinski definition) is 2. The Morgan fingerprint density at radius 3 is 2.39 bits per heavy atom. The van der Waals surface area contributed by atoms with Crippen molar-refractivity contribution in [1.82, 2.24) is 0 Å². The average molecular weight is 383 g/mol. The van der Waals surface area contributed by atoms with Crippen LogP contribution in [0.3, 0.4) is 0 Å². The van der Waals surface area contributed by atoms with Gasteiger partial charge in [0.2, 0.25) is 0 Å². The zero-order valence-corrected chi connectivity index (χ0v) is 17.3. The van der Waals surface area contributed by atoms with Crippen LogP contribution in [0.4, 0.5) is 0 Å². The van der Waals surface area contributed by atoms with E-state index < -0.39 is 0 Å². The summed E-state index contributed by atoms with van der Waals surface area (Å²) in [7, 11) is 6.02. The van der Waals surface area contributed by atoms with Gasteiger partial charge >= 0.3 is 5.63 Å². The van der Waals surface area contributed by atoms with Crippen LogP contribution in [-0.4, -0.2) is 27.7 Å². The van der Waals surface area contributed by atoms with Crippen molar-refractivity contribution in [1.29, 1.82) is 0 Å². The van der Waals surface area contributed by atoms with Crippen molar-refractivity contribution in [3.05, 3.63) is 75.1 Å². The van der Waals surface area contributed by atoms with Crippen LogP contribution < -0.4 is 20.6 Å². The molecule has 3 N–H and O–H groups in total. The second-order valence-corrected chi connectivity index (χ2v) is 7.65. The van der Waals surface area contributed by atoms with E-state index in [1.165, 1.54) is 16.0 Å². The van der Waals surface area contributed by atoms with Crippen LogP contribution in [0.1, 0.15) is 28.3 Å². The third-order valence-electron chi connectivity index (χ3n) is 5.43. The average Bonchev–Trinajstić information content (AvgIpc) is 2.66. The smallest absolute Gasteiger partial charge is 0.336 e. The minimum Gasteiger partial charge on any atom is -0.497 e. The van der Waals surface area contributed by atoms with E-state index in [0.717, 1.165) is 35.4 Å². The number of ether oxygens (including phenoxy) is 1. The van der Waals surface area contributed by atoms with Gasteiger partial charge in [-0.2, -0.15) is 0 Å². The molecule has 3 aromatic rings. The minimum absolute atomic E-state index is 0.288. The van der Waals surface area contributed by atoms with Crippen molar-refractivity contribution in [2.75, 3.05) is 27.7 Å². The first kappa shape index (κ1) is 20.1. The van der Waals surface area contributed by atoms with Crippen LogP contribution in [0, 0.1) is 13.8 Å². The Morgan fingerprint density at radius 2 is 1.75 bits per heavy atom. The molecule has 0 bridgehead atoms. The lowest BCUT2D eigenvalue weighted by Gasteiger charge is -2.20. The Hall–Kier alpha value is -2.63. The fourth-order valence-corrected chi connectivity index (χ4v) is 3.60. The summed E-state index contributed by atoms with van der Waals surface area (Å²) < 4.78 is 10.7. The molecule has 5 heteroatoms. The maximum Gasteiger partial charge on any atom is 0.336 e. The lowest BCUT2D eigenvalue weighted by atomic mass is 10.0. The van der Waals surface area contributed by atoms with Crippen LogP contribution in [0.25, 0.3) is 11.0 Å². The van der Waals surface area contributed by atoms with Gasteiger partial charge in [0.05, 0.1) is 21.2 Å². The second kappa shape index (κ2) is 8.59. The van der Waals surface area contributed by atoms with Gasteiger partial charge in [-0.1, -0.05) is 0 Å². The predicted octanol–water partition coefficient (Wildman–Crippen LogP) is 1.37. The Kier molecular flexibility index (Phi) is 6.17. The van der Waals surface area contributed by atoms with Crippen molar-refractivity contribution in [2.24, 2.45) is 0 Å². The van der Waals surface area contributed by atoms with Gasteiger partial charge in [-0.15, -0.1) is 0 Å². The van der Waals surface area contributed by atoms with Gasteiger partial charge in [-0.25, -0.2) is 4.79 Å². The molecule has 0 unspecified atom stereocenters. The Morgan fingerprint density at radius 1 is 1.07 bits per heavy atom. The molecule has 28 heavy (non-hydrogen) atoms. The van der Waals surface area contributed by atoms with Gasteiger partial charge in [0.15, 0.2) is 6.04 Å². The molecule has 0 spiro atoms. The molecule has 148 valence electrons. The monoisotopic (exact) mass is 382 g/mol. The highest BCUT2D eigenvalue weighted by atomic mass is 16.5. The Labute approximate surface area is 165 Å². The van der Waals surface area contributed by atoms with Crippen LogP contribution in [0.15, 0.2) is 51.7 Å². The molecule has 0 amide bonds. The highest BCUT2D eigenvalue weighted by Crippen LogP contribution is 2.21. The van der Waals surface area contributed by atoms with Gasteiger partial charge < -0.3 is 19.4 Å². The Bertz CT molecular complexity index is 1010. The summed E-state index contributed by atoms with van der Waals surface area (Å²) in [4.78, 5) is 13.4. The van der Waals surface area contributed by atoms with E-state index in [0.29, 0.717) is 11.6 Å². The quantitative estimate of drug-likeness (QED) is 0.607. The number of benzene rings is 2. The van der Waals surface area contributed by atoms with Gasteiger partial charge in [0.25, 0.3) is 0 Å². The summed E-state index contributed by atoms with van der Waals surface area (Å²) in [5.74, 6) is 0.869. The molecule has 3 rings (SSSR count). The van der Waals surface area contributed by atoms with Crippen molar-refractivity contribution < 1.29 is 19.4 Å². The summed E-state index contributed by atoms with van der Waals surface area (Å²) in [6, 6.07) is 14.3. The molecule has 1 heterocycles. The fourth-order valence-electron chi connectivity index (χ4n) is 3.60. The maximum absolute atomic E-state index is 12.0. The zero-order valence-electron chi connectivity index (χ0n) is 17.3. The van der Waals surface area contributed by atoms with E-state index in [2.05, 4.69) is 44.5 Å². The molecule has 1 aromatic heterocycles. The summed E-state index contributed by atoms with van der Waals surface area (Å²) in [6.07, 6.45) is 0. The molecule has 0 aliphatic rings. The molecule has 0 saturated carbocycles. The molecule has 0 fully saturated rings. The van der Waals surface area contributed by atoms with Crippen molar-refractivity contribution in [3.63, 3.8) is 0 Å². The first-order valence-electron chi connectivity index (χ1n) is 9.68. The second-order valence-electron chi connectivity index (χ2n) is 7.65. The molecule has 2 aromatic carbocycles. The van der Waals surface area contributed by atoms with E-state index >= 15 is 0 Å². The molecular formula is C23H30N2O3+2. The summed E-state index contributed by atoms with van der Waals surface area (Å²) >= 11 is 0. The highest BCUT2D eigenvalue weighted by molar-refractivity contribution is 5.81. The maximum atomic E-state index is 12.0. The van der Waals surface area contributed by atoms with E-state index in [1.54, 1.807) is 13.2 Å². The van der Waals surface area contributed by atoms with E-state index in [9.17, 15) is 4.79 Å². The standard InChI is InChI=1S/C23H28N2O3/c1-15-10-20-18(12-23(26)28-22(20)11-16(15)2)13-24-14-21(25(3)4)17-6-8-19(27-5)9-7-17/h6-12,21,24H,13-14H2,1-5H3/p+2/t21-/m1/s1. The summed E-state index contributed by atoms with van der Waals surface area (Å²) in [5, 5.41) is 3.29. The van der Waals surface area contributed by atoms with Gasteiger partial charge in [-0.3, -0.25) is 0 Å². The number of fused-ring (bicyclic) bond motifs is 1. The topological polar surface area (TPSA) is 60.5 Å². The number of aryl methyl sites for hydroxylation is 2. The first-order chi connectivity index (χ1) is 13.4. The van der Waals surface area contributed by atoms with Crippen molar-refractivity contribution in [2.45, 2.75) is 26.4 Å². The first-order valence-corrected chi connectivity index (χ1v) is 9.68. The number of likely N-dealkylation sites (N-methyl/N-ethyl adjacent to an activating group) is 1. The minimum atomic E-state index is -0.288. The predicted molar refractivity (Wildman–Crippen MR) is 111 cm³/mol. The fraction of sp³-hybridized carbons (Fsp3) is 0.348. The third kappa shape index (κ3) is 4.43. The molecule has 5 nitrogen and oxygen atoms in total. The SMILES string of the molecule is COc1ccc([C@@H](C[NH2+]Cc2cc(=O)oc3cc(C)c(C)cc23)[NH+](C)C)cc1. The number of nitrogens with two attached hydrogens (primary N) is 1. The van der Waals surface area contributed by atoms with Crippen molar-refractivity contribution in [3.8, 4) is 5.75 Å². The zero-order chi connectivity index (χ0) is 20.3. The molecule has 0 aliphatic carbocycles. The van der Waals surface area contributed by atoms with E-state index in [4.69, 9.17) is 9.15 Å². The van der Waals surface area contributed by atoms with E-state index in [1.807, 2.05) is 25.1 Å². The highest BCUT2D eigenvalue weighted by Gasteiger charge is 2.20. The van der Waals surface area contributed by atoms with Crippen molar-refractivity contribution >= 4 is 11.0 Å².